The van der Waals surface area contributed by atoms with Gasteiger partial charge in [-0.3, -0.25) is 19.5 Å². The molecule has 1 atom stereocenters. The lowest BCUT2D eigenvalue weighted by molar-refractivity contribution is -0.124. The maximum absolute atomic E-state index is 13.6. The van der Waals surface area contributed by atoms with E-state index < -0.39 is 17.5 Å². The Hall–Kier alpha value is -3.13. The summed E-state index contributed by atoms with van der Waals surface area (Å²) < 4.78 is 3.82. The van der Waals surface area contributed by atoms with E-state index in [-0.39, 0.29) is 11.6 Å². The third kappa shape index (κ3) is 4.71. The fourth-order valence-electron chi connectivity index (χ4n) is 3.10. The molecule has 2 aromatic heterocycles. The van der Waals surface area contributed by atoms with Gasteiger partial charge in [-0.25, -0.2) is 0 Å². The normalized spacial score (nSPS) is 12.3. The van der Waals surface area contributed by atoms with Crippen LogP contribution in [0.1, 0.15) is 54.1 Å². The van der Waals surface area contributed by atoms with Gasteiger partial charge in [-0.2, -0.15) is 0 Å². The molecule has 0 radical (unpaired) electrons. The average Bonchev–Trinajstić information content (AvgIpc) is 3.22. The monoisotopic (exact) mass is 423 g/mol. The molecule has 156 valence electrons. The third-order valence-electron chi connectivity index (χ3n) is 4.61. The van der Waals surface area contributed by atoms with Gasteiger partial charge in [0.2, 0.25) is 5.91 Å². The molecule has 3 rings (SSSR count). The molecule has 2 heterocycles. The fourth-order valence-corrected chi connectivity index (χ4v) is 3.53. The molecule has 0 saturated heterocycles. The van der Waals surface area contributed by atoms with E-state index in [4.69, 9.17) is 0 Å². The molecule has 7 nitrogen and oxygen atoms in total. The Bertz CT molecular complexity index is 1030. The highest BCUT2D eigenvalue weighted by Crippen LogP contribution is 2.32. The molecule has 0 aliphatic rings. The highest BCUT2D eigenvalue weighted by Gasteiger charge is 2.37. The van der Waals surface area contributed by atoms with Crippen LogP contribution in [-0.2, 0) is 4.79 Å². The number of anilines is 1. The predicted octanol–water partition coefficient (Wildman–Crippen LogP) is 3.85. The molecule has 0 fully saturated rings. The largest absolute Gasteiger partial charge is 0.349 e. The summed E-state index contributed by atoms with van der Waals surface area (Å²) in [6, 6.07) is 10.0. The lowest BCUT2D eigenvalue weighted by Crippen LogP contribution is -2.50. The lowest BCUT2D eigenvalue weighted by atomic mass is 10.0. The van der Waals surface area contributed by atoms with Gasteiger partial charge in [0.15, 0.2) is 11.7 Å². The number of aromatic nitrogens is 3. The third-order valence-corrected chi connectivity index (χ3v) is 5.11. The molecular weight excluding hydrogens is 398 g/mol. The van der Waals surface area contributed by atoms with E-state index in [9.17, 15) is 9.59 Å². The van der Waals surface area contributed by atoms with Crippen molar-refractivity contribution in [2.45, 2.75) is 46.2 Å². The zero-order chi connectivity index (χ0) is 21.9. The van der Waals surface area contributed by atoms with Crippen LogP contribution < -0.4 is 10.2 Å². The molecule has 30 heavy (non-hydrogen) atoms. The molecule has 0 saturated carbocycles. The van der Waals surface area contributed by atoms with Gasteiger partial charge in [0.05, 0.1) is 5.69 Å². The number of benzene rings is 1. The summed E-state index contributed by atoms with van der Waals surface area (Å²) in [4.78, 5) is 32.9. The number of carbonyl (C=O) groups excluding carboxylic acids is 2. The minimum absolute atomic E-state index is 0.186. The van der Waals surface area contributed by atoms with E-state index in [2.05, 4.69) is 19.9 Å². The second-order valence-electron chi connectivity index (χ2n) is 8.08. The number of rotatable bonds is 5. The van der Waals surface area contributed by atoms with Gasteiger partial charge in [-0.05, 0) is 75.5 Å². The van der Waals surface area contributed by atoms with E-state index in [1.54, 1.807) is 29.8 Å². The Labute approximate surface area is 180 Å². The van der Waals surface area contributed by atoms with Crippen molar-refractivity contribution in [3.8, 4) is 0 Å². The summed E-state index contributed by atoms with van der Waals surface area (Å²) in [6.07, 6.45) is 1.61. The second kappa shape index (κ2) is 8.71. The van der Waals surface area contributed by atoms with Crippen LogP contribution in [0, 0.1) is 13.8 Å². The van der Waals surface area contributed by atoms with Crippen LogP contribution >= 0.6 is 11.5 Å². The zero-order valence-electron chi connectivity index (χ0n) is 17.7. The van der Waals surface area contributed by atoms with Crippen molar-refractivity contribution in [2.24, 2.45) is 0 Å². The van der Waals surface area contributed by atoms with E-state index in [0.717, 1.165) is 22.7 Å². The summed E-state index contributed by atoms with van der Waals surface area (Å²) in [5, 5.41) is 8.53. The summed E-state index contributed by atoms with van der Waals surface area (Å²) in [5.74, 6) is -0.726. The van der Waals surface area contributed by atoms with Crippen molar-refractivity contribution in [2.75, 3.05) is 4.90 Å². The van der Waals surface area contributed by atoms with Crippen LogP contribution in [0.4, 0.5) is 5.69 Å². The molecule has 0 aliphatic heterocycles. The SMILES string of the molecule is Cc1cccc(N(C(=O)c2csnn2)C(C(=O)NC(C)(C)C)c2ccccn2)c1C. The Morgan fingerprint density at radius 1 is 1.10 bits per heavy atom. The molecule has 1 aromatic carbocycles. The van der Waals surface area contributed by atoms with Crippen molar-refractivity contribution in [3.05, 3.63) is 70.5 Å². The average molecular weight is 424 g/mol. The molecule has 0 aliphatic carbocycles. The standard InChI is InChI=1S/C22H25N5O2S/c1-14-9-8-11-18(15(14)2)27(21(29)17-13-30-26-25-17)19(16-10-6-7-12-23-16)20(28)24-22(3,4)5/h6-13,19H,1-5H3,(H,24,28). The Morgan fingerprint density at radius 2 is 1.87 bits per heavy atom. The topological polar surface area (TPSA) is 88.1 Å². The quantitative estimate of drug-likeness (QED) is 0.673. The predicted molar refractivity (Wildman–Crippen MR) is 118 cm³/mol. The van der Waals surface area contributed by atoms with Gasteiger partial charge >= 0.3 is 0 Å². The summed E-state index contributed by atoms with van der Waals surface area (Å²) in [6.45, 7) is 9.59. The molecule has 0 spiro atoms. The Balaban J connectivity index is 2.22. The van der Waals surface area contributed by atoms with Gasteiger partial charge in [0, 0.05) is 22.8 Å². The molecular formula is C22H25N5O2S. The zero-order valence-corrected chi connectivity index (χ0v) is 18.5. The van der Waals surface area contributed by atoms with E-state index >= 15 is 0 Å². The van der Waals surface area contributed by atoms with E-state index in [1.165, 1.54) is 4.90 Å². The van der Waals surface area contributed by atoms with Crippen LogP contribution in [0.15, 0.2) is 48.0 Å². The minimum Gasteiger partial charge on any atom is -0.349 e. The summed E-state index contributed by atoms with van der Waals surface area (Å²) >= 11 is 1.09. The molecule has 1 unspecified atom stereocenters. The first kappa shape index (κ1) is 21.6. The van der Waals surface area contributed by atoms with Crippen molar-refractivity contribution in [1.82, 2.24) is 19.9 Å². The first-order valence-electron chi connectivity index (χ1n) is 9.59. The first-order chi connectivity index (χ1) is 14.2. The Kier molecular flexibility index (Phi) is 6.26. The highest BCUT2D eigenvalue weighted by molar-refractivity contribution is 7.03. The number of nitrogens with one attached hydrogen (secondary N) is 1. The maximum Gasteiger partial charge on any atom is 0.280 e. The van der Waals surface area contributed by atoms with Crippen molar-refractivity contribution in [1.29, 1.82) is 0 Å². The summed E-state index contributed by atoms with van der Waals surface area (Å²) in [7, 11) is 0. The number of aryl methyl sites for hydroxylation is 1. The van der Waals surface area contributed by atoms with Crippen LogP contribution in [0.5, 0.6) is 0 Å². The number of amides is 2. The van der Waals surface area contributed by atoms with Crippen LogP contribution in [0.2, 0.25) is 0 Å². The van der Waals surface area contributed by atoms with E-state index in [1.807, 2.05) is 52.8 Å². The van der Waals surface area contributed by atoms with Gasteiger partial charge in [-0.1, -0.05) is 22.7 Å². The smallest absolute Gasteiger partial charge is 0.280 e. The number of hydrogen-bond donors (Lipinski definition) is 1. The van der Waals surface area contributed by atoms with Crippen molar-refractivity contribution < 1.29 is 9.59 Å². The molecule has 2 amide bonds. The minimum atomic E-state index is -0.972. The number of nitrogens with zero attached hydrogens (tertiary/aromatic N) is 4. The van der Waals surface area contributed by atoms with Gasteiger partial charge in [-0.15, -0.1) is 5.10 Å². The molecule has 0 bridgehead atoms. The van der Waals surface area contributed by atoms with Gasteiger partial charge in [0.1, 0.15) is 0 Å². The van der Waals surface area contributed by atoms with E-state index in [0.29, 0.717) is 11.4 Å². The molecule has 1 N–H and O–H groups in total. The highest BCUT2D eigenvalue weighted by atomic mass is 32.1. The number of carbonyl (C=O) groups is 2. The summed E-state index contributed by atoms with van der Waals surface area (Å²) in [5.41, 5.74) is 2.72. The van der Waals surface area contributed by atoms with Gasteiger partial charge in [0.25, 0.3) is 5.91 Å². The fraction of sp³-hybridized carbons (Fsp3) is 0.318. The maximum atomic E-state index is 13.6. The molecule has 3 aromatic rings. The number of pyridine rings is 1. The lowest BCUT2D eigenvalue weighted by Gasteiger charge is -2.33. The molecule has 8 heteroatoms. The first-order valence-corrected chi connectivity index (χ1v) is 10.4. The number of hydrogen-bond acceptors (Lipinski definition) is 6. The Morgan fingerprint density at radius 3 is 2.47 bits per heavy atom. The van der Waals surface area contributed by atoms with Gasteiger partial charge < -0.3 is 5.32 Å². The second-order valence-corrected chi connectivity index (χ2v) is 8.69. The van der Waals surface area contributed by atoms with Crippen molar-refractivity contribution >= 4 is 29.0 Å². The van der Waals surface area contributed by atoms with Crippen LogP contribution in [-0.4, -0.2) is 31.9 Å². The van der Waals surface area contributed by atoms with Crippen molar-refractivity contribution in [3.63, 3.8) is 0 Å². The van der Waals surface area contributed by atoms with Crippen LogP contribution in [0.25, 0.3) is 0 Å². The van der Waals surface area contributed by atoms with Crippen LogP contribution in [0.3, 0.4) is 0 Å².